The number of anilines is 1. The van der Waals surface area contributed by atoms with Gasteiger partial charge in [0.2, 0.25) is 5.91 Å². The normalized spacial score (nSPS) is 12.0. The number of hydrogen-bond acceptors (Lipinski definition) is 5. The van der Waals surface area contributed by atoms with Crippen molar-refractivity contribution in [1.29, 1.82) is 0 Å². The number of aliphatic carboxylic acids is 1. The molecule has 1 aromatic heterocycles. The van der Waals surface area contributed by atoms with Crippen LogP contribution in [0.25, 0.3) is 11.4 Å². The maximum atomic E-state index is 12.4. The van der Waals surface area contributed by atoms with Crippen molar-refractivity contribution in [2.75, 3.05) is 5.73 Å². The lowest BCUT2D eigenvalue weighted by Crippen LogP contribution is -2.46. The summed E-state index contributed by atoms with van der Waals surface area (Å²) in [6.07, 6.45) is 1.24. The van der Waals surface area contributed by atoms with Crippen molar-refractivity contribution in [2.24, 2.45) is 5.92 Å². The minimum Gasteiger partial charge on any atom is -0.480 e. The number of nitrogen functional groups attached to an aromatic ring is 1. The molecule has 0 aliphatic carbocycles. The fraction of sp³-hybridized carbons (Fsp3) is 0.294. The predicted molar refractivity (Wildman–Crippen MR) is 92.7 cm³/mol. The Bertz CT molecular complexity index is 830. The summed E-state index contributed by atoms with van der Waals surface area (Å²) in [6, 6.07) is 7.83. The SMILES string of the molecule is CC(C)C(NC(=O)Cn1c(-c2ccccc2)ncc(N)c1=O)C(=O)O. The van der Waals surface area contributed by atoms with Crippen LogP contribution in [-0.4, -0.2) is 32.6 Å². The molecule has 0 saturated carbocycles. The van der Waals surface area contributed by atoms with Crippen molar-refractivity contribution in [1.82, 2.24) is 14.9 Å². The van der Waals surface area contributed by atoms with Crippen molar-refractivity contribution < 1.29 is 14.7 Å². The first kappa shape index (κ1) is 18.2. The van der Waals surface area contributed by atoms with Gasteiger partial charge in [0.15, 0.2) is 0 Å². The van der Waals surface area contributed by atoms with E-state index in [1.54, 1.807) is 38.1 Å². The van der Waals surface area contributed by atoms with E-state index in [4.69, 9.17) is 5.73 Å². The van der Waals surface area contributed by atoms with Crippen LogP contribution in [0.15, 0.2) is 41.3 Å². The first-order chi connectivity index (χ1) is 11.8. The Kier molecular flexibility index (Phi) is 5.53. The van der Waals surface area contributed by atoms with Crippen LogP contribution in [0.2, 0.25) is 0 Å². The molecule has 132 valence electrons. The van der Waals surface area contributed by atoms with Gasteiger partial charge in [0.05, 0.1) is 6.20 Å². The zero-order valence-electron chi connectivity index (χ0n) is 14.0. The second-order valence-electron chi connectivity index (χ2n) is 5.92. The van der Waals surface area contributed by atoms with Gasteiger partial charge < -0.3 is 16.2 Å². The second-order valence-corrected chi connectivity index (χ2v) is 5.92. The molecule has 8 heteroatoms. The van der Waals surface area contributed by atoms with Crippen LogP contribution >= 0.6 is 0 Å². The van der Waals surface area contributed by atoms with Gasteiger partial charge in [-0.05, 0) is 5.92 Å². The molecule has 8 nitrogen and oxygen atoms in total. The van der Waals surface area contributed by atoms with E-state index in [-0.39, 0.29) is 24.0 Å². The Labute approximate surface area is 144 Å². The van der Waals surface area contributed by atoms with E-state index >= 15 is 0 Å². The van der Waals surface area contributed by atoms with E-state index < -0.39 is 23.5 Å². The maximum Gasteiger partial charge on any atom is 0.326 e. The van der Waals surface area contributed by atoms with E-state index in [0.717, 1.165) is 4.57 Å². The molecule has 0 aliphatic rings. The van der Waals surface area contributed by atoms with Crippen molar-refractivity contribution in [2.45, 2.75) is 26.4 Å². The van der Waals surface area contributed by atoms with Gasteiger partial charge in [-0.15, -0.1) is 0 Å². The Morgan fingerprint density at radius 3 is 2.48 bits per heavy atom. The molecular formula is C17H20N4O4. The van der Waals surface area contributed by atoms with E-state index in [1.165, 1.54) is 6.20 Å². The van der Waals surface area contributed by atoms with Crippen molar-refractivity contribution in [3.8, 4) is 11.4 Å². The molecule has 4 N–H and O–H groups in total. The standard InChI is InChI=1S/C17H20N4O4/c1-10(2)14(17(24)25)20-13(22)9-21-15(11-6-4-3-5-7-11)19-8-12(18)16(21)23/h3-8,10,14H,9,18H2,1-2H3,(H,20,22)(H,24,25). The highest BCUT2D eigenvalue weighted by atomic mass is 16.4. The number of nitrogens with zero attached hydrogens (tertiary/aromatic N) is 2. The van der Waals surface area contributed by atoms with Crippen LogP contribution in [0.5, 0.6) is 0 Å². The highest BCUT2D eigenvalue weighted by molar-refractivity contribution is 5.84. The van der Waals surface area contributed by atoms with Crippen LogP contribution in [0.3, 0.4) is 0 Å². The topological polar surface area (TPSA) is 127 Å². The fourth-order valence-electron chi connectivity index (χ4n) is 2.35. The number of amides is 1. The monoisotopic (exact) mass is 344 g/mol. The van der Waals surface area contributed by atoms with Gasteiger partial charge in [-0.1, -0.05) is 44.2 Å². The van der Waals surface area contributed by atoms with E-state index in [0.29, 0.717) is 5.56 Å². The summed E-state index contributed by atoms with van der Waals surface area (Å²) < 4.78 is 1.14. The molecule has 1 heterocycles. The number of nitrogens with two attached hydrogens (primary N) is 1. The first-order valence-electron chi connectivity index (χ1n) is 7.74. The molecule has 1 amide bonds. The number of nitrogens with one attached hydrogen (secondary N) is 1. The third-order valence-corrected chi connectivity index (χ3v) is 3.66. The summed E-state index contributed by atoms with van der Waals surface area (Å²) in [7, 11) is 0. The molecule has 0 spiro atoms. The molecule has 0 aliphatic heterocycles. The average molecular weight is 344 g/mol. The van der Waals surface area contributed by atoms with Gasteiger partial charge in [0.25, 0.3) is 5.56 Å². The quantitative estimate of drug-likeness (QED) is 0.708. The number of benzene rings is 1. The van der Waals surface area contributed by atoms with Crippen LogP contribution in [0.1, 0.15) is 13.8 Å². The molecular weight excluding hydrogens is 324 g/mol. The number of carbonyl (C=O) groups excluding carboxylic acids is 1. The van der Waals surface area contributed by atoms with Gasteiger partial charge in [0.1, 0.15) is 24.1 Å². The van der Waals surface area contributed by atoms with Crippen LogP contribution in [0.4, 0.5) is 5.69 Å². The lowest BCUT2D eigenvalue weighted by Gasteiger charge is -2.19. The first-order valence-corrected chi connectivity index (χ1v) is 7.74. The van der Waals surface area contributed by atoms with Gasteiger partial charge >= 0.3 is 5.97 Å². The summed E-state index contributed by atoms with van der Waals surface area (Å²) >= 11 is 0. The Morgan fingerprint density at radius 2 is 1.92 bits per heavy atom. The molecule has 25 heavy (non-hydrogen) atoms. The fourth-order valence-corrected chi connectivity index (χ4v) is 2.35. The number of aromatic nitrogens is 2. The molecule has 1 unspecified atom stereocenters. The minimum atomic E-state index is -1.13. The van der Waals surface area contributed by atoms with E-state index in [2.05, 4.69) is 10.3 Å². The molecule has 2 aromatic rings. The number of carboxylic acids is 1. The molecule has 1 aromatic carbocycles. The summed E-state index contributed by atoms with van der Waals surface area (Å²) in [4.78, 5) is 40.0. The number of rotatable bonds is 6. The van der Waals surface area contributed by atoms with E-state index in [1.807, 2.05) is 6.07 Å². The molecule has 0 bridgehead atoms. The zero-order valence-corrected chi connectivity index (χ0v) is 14.0. The van der Waals surface area contributed by atoms with Gasteiger partial charge in [-0.2, -0.15) is 0 Å². The molecule has 0 fully saturated rings. The summed E-state index contributed by atoms with van der Waals surface area (Å²) in [5.74, 6) is -1.76. The molecule has 0 saturated heterocycles. The minimum absolute atomic E-state index is 0.0916. The van der Waals surface area contributed by atoms with Crippen molar-refractivity contribution in [3.63, 3.8) is 0 Å². The second kappa shape index (κ2) is 7.61. The van der Waals surface area contributed by atoms with Crippen LogP contribution in [0, 0.1) is 5.92 Å². The summed E-state index contributed by atoms with van der Waals surface area (Å²) in [5, 5.41) is 11.6. The number of hydrogen-bond donors (Lipinski definition) is 3. The third kappa shape index (κ3) is 4.23. The smallest absolute Gasteiger partial charge is 0.326 e. The zero-order chi connectivity index (χ0) is 18.6. The largest absolute Gasteiger partial charge is 0.480 e. The summed E-state index contributed by atoms with van der Waals surface area (Å²) in [5.41, 5.74) is 5.62. The molecule has 2 rings (SSSR count). The maximum absolute atomic E-state index is 12.4. The van der Waals surface area contributed by atoms with Crippen LogP contribution in [-0.2, 0) is 16.1 Å². The Balaban J connectivity index is 2.36. The average Bonchev–Trinajstić information content (AvgIpc) is 2.57. The van der Waals surface area contributed by atoms with Crippen molar-refractivity contribution in [3.05, 3.63) is 46.9 Å². The predicted octanol–water partition coefficient (Wildman–Crippen LogP) is 0.718. The lowest BCUT2D eigenvalue weighted by molar-refractivity contribution is -0.143. The molecule has 1 atom stereocenters. The van der Waals surface area contributed by atoms with Gasteiger partial charge in [-0.25, -0.2) is 9.78 Å². The highest BCUT2D eigenvalue weighted by Crippen LogP contribution is 2.15. The number of carbonyl (C=O) groups is 2. The highest BCUT2D eigenvalue weighted by Gasteiger charge is 2.24. The third-order valence-electron chi connectivity index (χ3n) is 3.66. The number of carboxylic acid groups (broad SMARTS) is 1. The van der Waals surface area contributed by atoms with Crippen LogP contribution < -0.4 is 16.6 Å². The van der Waals surface area contributed by atoms with E-state index in [9.17, 15) is 19.5 Å². The van der Waals surface area contributed by atoms with Crippen molar-refractivity contribution >= 4 is 17.6 Å². The Morgan fingerprint density at radius 1 is 1.28 bits per heavy atom. The summed E-state index contributed by atoms with van der Waals surface area (Å²) in [6.45, 7) is 2.99. The van der Waals surface area contributed by atoms with Gasteiger partial charge in [-0.3, -0.25) is 14.2 Å². The Hall–Kier alpha value is -3.16. The lowest BCUT2D eigenvalue weighted by atomic mass is 10.0. The molecule has 0 radical (unpaired) electrons. The van der Waals surface area contributed by atoms with Gasteiger partial charge in [0, 0.05) is 5.56 Å².